The minimum absolute atomic E-state index is 0.278. The third-order valence-corrected chi connectivity index (χ3v) is 5.28. The van der Waals surface area contributed by atoms with Gasteiger partial charge in [0.25, 0.3) is 0 Å². The van der Waals surface area contributed by atoms with Gasteiger partial charge in [0.05, 0.1) is 11.3 Å². The molecule has 0 saturated heterocycles. The SMILES string of the molecule is Cc1cc(C)c2oc(-c3ccc(-c4ccc(C(=O)O)cc4)[nH]3)c(C)c2c1C. The number of aromatic amines is 1. The lowest BCUT2D eigenvalue weighted by Gasteiger charge is -2.04. The Morgan fingerprint density at radius 2 is 1.56 bits per heavy atom. The van der Waals surface area contributed by atoms with Gasteiger partial charge in [-0.15, -0.1) is 0 Å². The number of furan rings is 1. The Balaban J connectivity index is 1.80. The van der Waals surface area contributed by atoms with Crippen molar-refractivity contribution in [3.05, 3.63) is 70.3 Å². The second kappa shape index (κ2) is 6.16. The van der Waals surface area contributed by atoms with Crippen molar-refractivity contribution in [3.63, 3.8) is 0 Å². The van der Waals surface area contributed by atoms with E-state index in [2.05, 4.69) is 38.7 Å². The number of hydrogen-bond donors (Lipinski definition) is 2. The van der Waals surface area contributed by atoms with Crippen molar-refractivity contribution in [1.29, 1.82) is 0 Å². The second-order valence-corrected chi connectivity index (χ2v) is 7.06. The molecule has 0 aliphatic carbocycles. The van der Waals surface area contributed by atoms with Crippen LogP contribution in [0, 0.1) is 27.7 Å². The van der Waals surface area contributed by atoms with Gasteiger partial charge in [-0.2, -0.15) is 0 Å². The fourth-order valence-electron chi connectivity index (χ4n) is 3.68. The quantitative estimate of drug-likeness (QED) is 0.469. The number of carbonyl (C=O) groups is 1. The summed E-state index contributed by atoms with van der Waals surface area (Å²) in [6, 6.07) is 13.0. The lowest BCUT2D eigenvalue weighted by Crippen LogP contribution is -1.94. The van der Waals surface area contributed by atoms with E-state index >= 15 is 0 Å². The van der Waals surface area contributed by atoms with Crippen LogP contribution >= 0.6 is 0 Å². The number of aromatic carboxylic acids is 1. The molecule has 2 heterocycles. The monoisotopic (exact) mass is 359 g/mol. The van der Waals surface area contributed by atoms with Crippen molar-refractivity contribution >= 4 is 16.9 Å². The average Bonchev–Trinajstić information content (AvgIpc) is 3.25. The number of carboxylic acids is 1. The molecule has 4 aromatic rings. The van der Waals surface area contributed by atoms with Gasteiger partial charge < -0.3 is 14.5 Å². The molecule has 0 spiro atoms. The molecular formula is C23H21NO3. The zero-order chi connectivity index (χ0) is 19.3. The highest BCUT2D eigenvalue weighted by atomic mass is 16.4. The van der Waals surface area contributed by atoms with Crippen molar-refractivity contribution in [2.24, 2.45) is 0 Å². The number of carboxylic acid groups (broad SMARTS) is 1. The van der Waals surface area contributed by atoms with E-state index in [9.17, 15) is 4.79 Å². The van der Waals surface area contributed by atoms with Crippen molar-refractivity contribution < 1.29 is 14.3 Å². The van der Waals surface area contributed by atoms with Crippen molar-refractivity contribution in [3.8, 4) is 22.7 Å². The van der Waals surface area contributed by atoms with Crippen LogP contribution in [0.25, 0.3) is 33.7 Å². The molecule has 0 saturated carbocycles. The summed E-state index contributed by atoms with van der Waals surface area (Å²) in [6.07, 6.45) is 0. The van der Waals surface area contributed by atoms with Crippen molar-refractivity contribution in [2.75, 3.05) is 0 Å². The number of fused-ring (bicyclic) bond motifs is 1. The minimum atomic E-state index is -0.923. The number of benzene rings is 2. The first kappa shape index (κ1) is 17.2. The highest BCUT2D eigenvalue weighted by Gasteiger charge is 2.18. The molecular weight excluding hydrogens is 338 g/mol. The van der Waals surface area contributed by atoms with Crippen LogP contribution in [0.2, 0.25) is 0 Å². The largest absolute Gasteiger partial charge is 0.478 e. The van der Waals surface area contributed by atoms with E-state index in [0.717, 1.165) is 39.4 Å². The van der Waals surface area contributed by atoms with Gasteiger partial charge in [-0.05, 0) is 74.2 Å². The third kappa shape index (κ3) is 2.74. The summed E-state index contributed by atoms with van der Waals surface area (Å²) < 4.78 is 6.24. The van der Waals surface area contributed by atoms with Crippen LogP contribution in [-0.4, -0.2) is 16.1 Å². The molecule has 0 fully saturated rings. The van der Waals surface area contributed by atoms with Gasteiger partial charge in [-0.1, -0.05) is 18.2 Å². The van der Waals surface area contributed by atoms with Gasteiger partial charge in [0.2, 0.25) is 0 Å². The zero-order valence-corrected chi connectivity index (χ0v) is 15.8. The predicted octanol–water partition coefficient (Wildman–Crippen LogP) is 6.03. The highest BCUT2D eigenvalue weighted by Crippen LogP contribution is 2.37. The van der Waals surface area contributed by atoms with E-state index < -0.39 is 5.97 Å². The second-order valence-electron chi connectivity index (χ2n) is 7.06. The summed E-state index contributed by atoms with van der Waals surface area (Å²) in [7, 11) is 0. The number of aryl methyl sites for hydroxylation is 4. The Morgan fingerprint density at radius 3 is 2.22 bits per heavy atom. The van der Waals surface area contributed by atoms with Crippen LogP contribution in [0.1, 0.15) is 32.6 Å². The van der Waals surface area contributed by atoms with Gasteiger partial charge in [0.15, 0.2) is 5.76 Å². The Morgan fingerprint density at radius 1 is 0.889 bits per heavy atom. The van der Waals surface area contributed by atoms with Crippen LogP contribution in [0.3, 0.4) is 0 Å². The molecule has 0 bridgehead atoms. The smallest absolute Gasteiger partial charge is 0.335 e. The molecule has 136 valence electrons. The van der Waals surface area contributed by atoms with Gasteiger partial charge in [0, 0.05) is 16.6 Å². The van der Waals surface area contributed by atoms with E-state index in [1.165, 1.54) is 16.5 Å². The molecule has 2 aromatic heterocycles. The maximum Gasteiger partial charge on any atom is 0.335 e. The minimum Gasteiger partial charge on any atom is -0.478 e. The number of hydrogen-bond acceptors (Lipinski definition) is 2. The standard InChI is InChI=1S/C23H21NO3/c1-12-11-13(2)21-20(14(12)3)15(4)22(27-21)19-10-9-18(24-19)16-5-7-17(8-6-16)23(25)26/h5-11,24H,1-4H3,(H,25,26). The first-order chi connectivity index (χ1) is 12.9. The Labute approximate surface area is 157 Å². The molecule has 0 aliphatic rings. The van der Waals surface area contributed by atoms with Gasteiger partial charge in [0.1, 0.15) is 5.58 Å². The number of aromatic nitrogens is 1. The number of H-pyrrole nitrogens is 1. The maximum atomic E-state index is 11.0. The summed E-state index contributed by atoms with van der Waals surface area (Å²) >= 11 is 0. The number of rotatable bonds is 3. The number of nitrogens with one attached hydrogen (secondary N) is 1. The first-order valence-electron chi connectivity index (χ1n) is 8.90. The van der Waals surface area contributed by atoms with E-state index in [0.29, 0.717) is 0 Å². The molecule has 0 amide bonds. The topological polar surface area (TPSA) is 66.2 Å². The fraction of sp³-hybridized carbons (Fsp3) is 0.174. The van der Waals surface area contributed by atoms with E-state index in [1.807, 2.05) is 24.3 Å². The fourth-order valence-corrected chi connectivity index (χ4v) is 3.68. The average molecular weight is 359 g/mol. The summed E-state index contributed by atoms with van der Waals surface area (Å²) in [5, 5.41) is 10.2. The zero-order valence-electron chi connectivity index (χ0n) is 15.8. The summed E-state index contributed by atoms with van der Waals surface area (Å²) in [5.41, 5.74) is 8.77. The predicted molar refractivity (Wildman–Crippen MR) is 107 cm³/mol. The molecule has 0 unspecified atom stereocenters. The molecule has 27 heavy (non-hydrogen) atoms. The van der Waals surface area contributed by atoms with Crippen molar-refractivity contribution in [1.82, 2.24) is 4.98 Å². The molecule has 4 rings (SSSR count). The maximum absolute atomic E-state index is 11.0. The molecule has 4 nitrogen and oxygen atoms in total. The van der Waals surface area contributed by atoms with Crippen LogP contribution in [0.15, 0.2) is 46.9 Å². The van der Waals surface area contributed by atoms with Crippen LogP contribution in [-0.2, 0) is 0 Å². The molecule has 0 atom stereocenters. The van der Waals surface area contributed by atoms with Crippen LogP contribution < -0.4 is 0 Å². The molecule has 2 N–H and O–H groups in total. The van der Waals surface area contributed by atoms with E-state index in [4.69, 9.17) is 9.52 Å². The summed E-state index contributed by atoms with van der Waals surface area (Å²) in [5.74, 6) is -0.0807. The third-order valence-electron chi connectivity index (χ3n) is 5.28. The van der Waals surface area contributed by atoms with Gasteiger partial charge in [-0.25, -0.2) is 4.79 Å². The van der Waals surface area contributed by atoms with Crippen LogP contribution in [0.5, 0.6) is 0 Å². The Bertz CT molecular complexity index is 1180. The van der Waals surface area contributed by atoms with Gasteiger partial charge >= 0.3 is 5.97 Å². The lowest BCUT2D eigenvalue weighted by atomic mass is 9.99. The summed E-state index contributed by atoms with van der Waals surface area (Å²) in [6.45, 7) is 8.43. The van der Waals surface area contributed by atoms with E-state index in [1.54, 1.807) is 12.1 Å². The molecule has 0 aliphatic heterocycles. The van der Waals surface area contributed by atoms with Crippen molar-refractivity contribution in [2.45, 2.75) is 27.7 Å². The molecule has 2 aromatic carbocycles. The molecule has 0 radical (unpaired) electrons. The molecule has 4 heteroatoms. The Kier molecular flexibility index (Phi) is 3.92. The van der Waals surface area contributed by atoms with Crippen LogP contribution in [0.4, 0.5) is 0 Å². The highest BCUT2D eigenvalue weighted by molar-refractivity contribution is 5.93. The van der Waals surface area contributed by atoms with E-state index in [-0.39, 0.29) is 5.56 Å². The Hall–Kier alpha value is -3.27. The summed E-state index contributed by atoms with van der Waals surface area (Å²) in [4.78, 5) is 14.4. The lowest BCUT2D eigenvalue weighted by molar-refractivity contribution is 0.0697. The normalized spacial score (nSPS) is 11.3. The first-order valence-corrected chi connectivity index (χ1v) is 8.90. The van der Waals surface area contributed by atoms with Gasteiger partial charge in [-0.3, -0.25) is 0 Å².